The summed E-state index contributed by atoms with van der Waals surface area (Å²) >= 11 is 6.08. The minimum atomic E-state index is 0.373. The third kappa shape index (κ3) is 2.05. The molecular formula is C12H12ClN2. The molecule has 0 aliphatic rings. The van der Waals surface area contributed by atoms with Crippen molar-refractivity contribution in [3.8, 4) is 11.3 Å². The third-order valence-electron chi connectivity index (χ3n) is 2.23. The summed E-state index contributed by atoms with van der Waals surface area (Å²) in [7, 11) is 0. The van der Waals surface area contributed by atoms with E-state index in [1.54, 1.807) is 0 Å². The molecule has 0 atom stereocenters. The maximum absolute atomic E-state index is 6.08. The average Bonchev–Trinajstić information content (AvgIpc) is 2.67. The van der Waals surface area contributed by atoms with Crippen molar-refractivity contribution in [2.45, 2.75) is 19.8 Å². The molecule has 1 N–H and O–H groups in total. The van der Waals surface area contributed by atoms with Crippen LogP contribution in [0.5, 0.6) is 0 Å². The molecule has 0 unspecified atom stereocenters. The first-order chi connectivity index (χ1) is 7.18. The lowest BCUT2D eigenvalue weighted by Crippen LogP contribution is -1.85. The molecule has 0 saturated carbocycles. The lowest BCUT2D eigenvalue weighted by Gasteiger charge is -1.98. The Morgan fingerprint density at radius 1 is 1.33 bits per heavy atom. The Kier molecular flexibility index (Phi) is 2.78. The van der Waals surface area contributed by atoms with Gasteiger partial charge in [0.15, 0.2) is 0 Å². The van der Waals surface area contributed by atoms with Gasteiger partial charge in [-0.05, 0) is 12.0 Å². The van der Waals surface area contributed by atoms with E-state index in [2.05, 4.69) is 30.1 Å². The molecule has 0 amide bonds. The molecule has 0 aliphatic carbocycles. The number of H-pyrrole nitrogens is 1. The molecule has 0 bridgehead atoms. The fourth-order valence-electron chi connectivity index (χ4n) is 1.37. The second-order valence-electron chi connectivity index (χ2n) is 3.74. The maximum atomic E-state index is 6.08. The molecule has 0 fully saturated rings. The van der Waals surface area contributed by atoms with Gasteiger partial charge in [0, 0.05) is 16.7 Å². The first kappa shape index (κ1) is 10.2. The smallest absolute Gasteiger partial charge is 0.0748 e. The van der Waals surface area contributed by atoms with Crippen LogP contribution in [0.4, 0.5) is 0 Å². The normalized spacial score (nSPS) is 10.9. The van der Waals surface area contributed by atoms with Crippen molar-refractivity contribution in [2.75, 3.05) is 0 Å². The van der Waals surface area contributed by atoms with Crippen LogP contribution in [0.3, 0.4) is 0 Å². The predicted molar refractivity (Wildman–Crippen MR) is 62.0 cm³/mol. The van der Waals surface area contributed by atoms with E-state index in [9.17, 15) is 0 Å². The zero-order valence-electron chi connectivity index (χ0n) is 8.71. The second-order valence-corrected chi connectivity index (χ2v) is 4.15. The molecule has 3 heteroatoms. The molecule has 15 heavy (non-hydrogen) atoms. The van der Waals surface area contributed by atoms with Gasteiger partial charge in [-0.25, -0.2) is 0 Å². The molecular weight excluding hydrogens is 208 g/mol. The number of rotatable bonds is 2. The van der Waals surface area contributed by atoms with Crippen LogP contribution in [0.1, 0.15) is 25.5 Å². The minimum Gasteiger partial charge on any atom is -0.277 e. The van der Waals surface area contributed by atoms with Gasteiger partial charge in [-0.15, -0.1) is 0 Å². The molecule has 0 saturated heterocycles. The zero-order valence-corrected chi connectivity index (χ0v) is 9.47. The Balaban J connectivity index is 2.42. The van der Waals surface area contributed by atoms with Crippen LogP contribution in [0, 0.1) is 6.07 Å². The molecule has 2 nitrogen and oxygen atoms in total. The summed E-state index contributed by atoms with van der Waals surface area (Å²) in [5.41, 5.74) is 2.73. The molecule has 1 radical (unpaired) electrons. The number of aromatic nitrogens is 2. The monoisotopic (exact) mass is 219 g/mol. The van der Waals surface area contributed by atoms with Gasteiger partial charge in [-0.2, -0.15) is 5.10 Å². The van der Waals surface area contributed by atoms with Gasteiger partial charge < -0.3 is 0 Å². The Morgan fingerprint density at radius 2 is 2.07 bits per heavy atom. The van der Waals surface area contributed by atoms with Crippen LogP contribution in [0.25, 0.3) is 11.3 Å². The van der Waals surface area contributed by atoms with Crippen molar-refractivity contribution in [1.82, 2.24) is 10.2 Å². The molecule has 1 aromatic carbocycles. The van der Waals surface area contributed by atoms with E-state index >= 15 is 0 Å². The number of halogens is 1. The fourth-order valence-corrected chi connectivity index (χ4v) is 1.60. The largest absolute Gasteiger partial charge is 0.277 e. The summed E-state index contributed by atoms with van der Waals surface area (Å²) in [6.07, 6.45) is 0. The molecule has 77 valence electrons. The van der Waals surface area contributed by atoms with E-state index in [4.69, 9.17) is 11.6 Å². The van der Waals surface area contributed by atoms with E-state index in [1.807, 2.05) is 24.3 Å². The van der Waals surface area contributed by atoms with E-state index in [0.717, 1.165) is 17.0 Å². The maximum Gasteiger partial charge on any atom is 0.0748 e. The van der Waals surface area contributed by atoms with Crippen molar-refractivity contribution in [1.29, 1.82) is 0 Å². The van der Waals surface area contributed by atoms with Crippen molar-refractivity contribution in [3.63, 3.8) is 0 Å². The summed E-state index contributed by atoms with van der Waals surface area (Å²) in [5.74, 6) is 0.373. The molecule has 0 aliphatic heterocycles. The number of aromatic amines is 1. The van der Waals surface area contributed by atoms with Gasteiger partial charge in [-0.3, -0.25) is 5.10 Å². The van der Waals surface area contributed by atoms with Crippen molar-refractivity contribution in [2.24, 2.45) is 0 Å². The summed E-state index contributed by atoms with van der Waals surface area (Å²) in [6.45, 7) is 4.17. The summed E-state index contributed by atoms with van der Waals surface area (Å²) < 4.78 is 0. The Labute approximate surface area is 94.3 Å². The highest BCUT2D eigenvalue weighted by Gasteiger charge is 2.09. The van der Waals surface area contributed by atoms with Crippen LogP contribution in [-0.2, 0) is 0 Å². The number of nitrogens with one attached hydrogen (secondary N) is 1. The SMILES string of the molecule is CC(C)c1[c]c(-c2ccccc2Cl)[nH]n1. The van der Waals surface area contributed by atoms with Gasteiger partial charge in [0.05, 0.1) is 11.4 Å². The second kappa shape index (κ2) is 4.07. The Bertz CT molecular complexity index is 460. The first-order valence-electron chi connectivity index (χ1n) is 4.91. The summed E-state index contributed by atoms with van der Waals surface area (Å²) in [6, 6.07) is 10.9. The van der Waals surface area contributed by atoms with E-state index in [0.29, 0.717) is 10.9 Å². The molecule has 1 heterocycles. The van der Waals surface area contributed by atoms with E-state index < -0.39 is 0 Å². The number of hydrogen-bond donors (Lipinski definition) is 1. The lowest BCUT2D eigenvalue weighted by atomic mass is 10.1. The van der Waals surface area contributed by atoms with Crippen LogP contribution in [0.15, 0.2) is 24.3 Å². The minimum absolute atomic E-state index is 0.373. The standard InChI is InChI=1S/C12H12ClN2/c1-8(2)11-7-12(15-14-11)9-5-3-4-6-10(9)13/h3-6,8H,1-2H3,(H,14,15). The predicted octanol–water partition coefficient (Wildman–Crippen LogP) is 3.65. The molecule has 2 aromatic rings. The first-order valence-corrected chi connectivity index (χ1v) is 5.28. The molecule has 0 spiro atoms. The third-order valence-corrected chi connectivity index (χ3v) is 2.56. The Hall–Kier alpha value is -1.28. The van der Waals surface area contributed by atoms with Crippen LogP contribution in [0.2, 0.25) is 5.02 Å². The average molecular weight is 220 g/mol. The van der Waals surface area contributed by atoms with E-state index in [1.165, 1.54) is 0 Å². The van der Waals surface area contributed by atoms with Crippen molar-refractivity contribution in [3.05, 3.63) is 41.0 Å². The molecule has 1 aromatic heterocycles. The van der Waals surface area contributed by atoms with Gasteiger partial charge in [0.25, 0.3) is 0 Å². The highest BCUT2D eigenvalue weighted by molar-refractivity contribution is 6.33. The quantitative estimate of drug-likeness (QED) is 0.821. The van der Waals surface area contributed by atoms with Gasteiger partial charge in [0.2, 0.25) is 0 Å². The molecule has 2 rings (SSSR count). The fraction of sp³-hybridized carbons (Fsp3) is 0.250. The van der Waals surface area contributed by atoms with E-state index in [-0.39, 0.29) is 0 Å². The van der Waals surface area contributed by atoms with Crippen molar-refractivity contribution < 1.29 is 0 Å². The number of hydrogen-bond acceptors (Lipinski definition) is 1. The van der Waals surface area contributed by atoms with Gasteiger partial charge in [-0.1, -0.05) is 43.6 Å². The number of nitrogens with zero attached hydrogens (tertiary/aromatic N) is 1. The summed E-state index contributed by atoms with van der Waals surface area (Å²) in [4.78, 5) is 0. The van der Waals surface area contributed by atoms with Gasteiger partial charge >= 0.3 is 0 Å². The zero-order chi connectivity index (χ0) is 10.8. The topological polar surface area (TPSA) is 28.7 Å². The lowest BCUT2D eigenvalue weighted by molar-refractivity contribution is 0.809. The van der Waals surface area contributed by atoms with Crippen LogP contribution in [-0.4, -0.2) is 10.2 Å². The highest BCUT2D eigenvalue weighted by Crippen LogP contribution is 2.26. The van der Waals surface area contributed by atoms with Gasteiger partial charge in [0.1, 0.15) is 0 Å². The number of benzene rings is 1. The van der Waals surface area contributed by atoms with Crippen LogP contribution >= 0.6 is 11.6 Å². The summed E-state index contributed by atoms with van der Waals surface area (Å²) in [5, 5.41) is 7.86. The highest BCUT2D eigenvalue weighted by atomic mass is 35.5. The van der Waals surface area contributed by atoms with Crippen molar-refractivity contribution >= 4 is 11.6 Å². The Morgan fingerprint density at radius 3 is 2.67 bits per heavy atom. The van der Waals surface area contributed by atoms with Crippen LogP contribution < -0.4 is 0 Å².